The summed E-state index contributed by atoms with van der Waals surface area (Å²) in [5.74, 6) is 0.424. The normalized spacial score (nSPS) is 12.8. The van der Waals surface area contributed by atoms with Gasteiger partial charge in [-0.2, -0.15) is 61.8 Å². The van der Waals surface area contributed by atoms with Gasteiger partial charge in [-0.1, -0.05) is 0 Å². The van der Waals surface area contributed by atoms with Crippen LogP contribution in [0.3, 0.4) is 0 Å². The topological polar surface area (TPSA) is 141 Å². The molecule has 0 amide bonds. The Balaban J connectivity index is 0.000000903. The quantitative estimate of drug-likeness (QED) is 0.194. The Hall–Kier alpha value is -3.12. The highest BCUT2D eigenvalue weighted by atomic mass is 32.2. The lowest BCUT2D eigenvalue weighted by atomic mass is 10.2. The van der Waals surface area contributed by atoms with Gasteiger partial charge in [0, 0.05) is 0 Å². The number of rotatable bonds is 6. The number of aromatic nitrogens is 2. The molecule has 0 radical (unpaired) electrons. The second-order valence-corrected chi connectivity index (χ2v) is 10.2. The second kappa shape index (κ2) is 14.6. The molecule has 0 aliphatic heterocycles. The van der Waals surface area contributed by atoms with E-state index in [9.17, 15) is 52.7 Å². The van der Waals surface area contributed by atoms with Gasteiger partial charge in [0.1, 0.15) is 11.1 Å². The van der Waals surface area contributed by atoms with Crippen LogP contribution in [0.4, 0.5) is 52.7 Å². The smallest absolute Gasteiger partial charge is 0.485 e. The van der Waals surface area contributed by atoms with Crippen LogP contribution in [0.5, 0.6) is 11.8 Å². The van der Waals surface area contributed by atoms with E-state index in [2.05, 4.69) is 0 Å². The molecule has 43 heavy (non-hydrogen) atoms. The zero-order valence-corrected chi connectivity index (χ0v) is 22.7. The van der Waals surface area contributed by atoms with Gasteiger partial charge < -0.3 is 18.6 Å². The van der Waals surface area contributed by atoms with Crippen molar-refractivity contribution in [3.8, 4) is 11.8 Å². The third kappa shape index (κ3) is 13.4. The van der Waals surface area contributed by atoms with E-state index in [0.29, 0.717) is 0 Å². The highest BCUT2D eigenvalue weighted by Crippen LogP contribution is 2.30. The summed E-state index contributed by atoms with van der Waals surface area (Å²) in [5, 5.41) is 0. The van der Waals surface area contributed by atoms with E-state index in [1.807, 2.05) is 0 Å². The lowest BCUT2D eigenvalue weighted by Gasteiger charge is -2.09. The number of hydrogen-bond donors (Lipinski definition) is 0. The molecule has 0 spiro atoms. The third-order valence-corrected chi connectivity index (χ3v) is 5.54. The summed E-state index contributed by atoms with van der Waals surface area (Å²) in [4.78, 5) is 0. The lowest BCUT2D eigenvalue weighted by molar-refractivity contribution is -0.731. The number of nitrogens with zero attached hydrogens (tertiary/aromatic N) is 2. The standard InChI is InChI=1S/C17H18F6N2O2.2CHF3O3S/c1-26-14-6-4-12(16(18,19)20)10-24(14)8-3-9-25-11-13(17(21,22)23)5-7-15(25)27-2;2*2-1(3,4)8(5,6)7/h4-7,10-11H,3,8-9H2,1-2H3;2*(H,5,6,7)/q+2;;/p-2. The molecule has 2 rings (SSSR count). The lowest BCUT2D eigenvalue weighted by Crippen LogP contribution is -2.41. The highest BCUT2D eigenvalue weighted by molar-refractivity contribution is 7.86. The van der Waals surface area contributed by atoms with Gasteiger partial charge >= 0.3 is 35.1 Å². The van der Waals surface area contributed by atoms with Crippen LogP contribution in [-0.2, 0) is 45.7 Å². The number of methoxy groups -OCH3 is 2. The predicted molar refractivity (Wildman–Crippen MR) is 113 cm³/mol. The average Bonchev–Trinajstić information content (AvgIpc) is 2.81. The van der Waals surface area contributed by atoms with Crippen LogP contribution in [0.15, 0.2) is 36.7 Å². The summed E-state index contributed by atoms with van der Waals surface area (Å²) in [6.07, 6.45) is -6.94. The van der Waals surface area contributed by atoms with Gasteiger partial charge in [0.25, 0.3) is 0 Å². The summed E-state index contributed by atoms with van der Waals surface area (Å²) < 4.78 is 208. The number of pyridine rings is 2. The van der Waals surface area contributed by atoms with E-state index in [4.69, 9.17) is 35.4 Å². The second-order valence-electron chi connectivity index (χ2n) is 7.46. The Labute approximate surface area is 234 Å². The van der Waals surface area contributed by atoms with Gasteiger partial charge in [0.15, 0.2) is 45.7 Å². The van der Waals surface area contributed by atoms with E-state index in [1.165, 1.54) is 35.5 Å². The summed E-state index contributed by atoms with van der Waals surface area (Å²) >= 11 is 0. The molecule has 0 N–H and O–H groups in total. The van der Waals surface area contributed by atoms with Crippen LogP contribution in [0.25, 0.3) is 0 Å². The van der Waals surface area contributed by atoms with Crippen LogP contribution in [0, 0.1) is 0 Å². The van der Waals surface area contributed by atoms with Crippen molar-refractivity contribution in [1.29, 1.82) is 0 Å². The highest BCUT2D eigenvalue weighted by Gasteiger charge is 2.38. The summed E-state index contributed by atoms with van der Waals surface area (Å²) in [5.41, 5.74) is -13.0. The largest absolute Gasteiger partial charge is 0.741 e. The molecule has 0 saturated carbocycles. The molecule has 10 nitrogen and oxygen atoms in total. The maximum Gasteiger partial charge on any atom is 0.485 e. The number of hydrogen-bond acceptors (Lipinski definition) is 8. The molecule has 0 saturated heterocycles. The van der Waals surface area contributed by atoms with Gasteiger partial charge in [-0.15, -0.1) is 0 Å². The van der Waals surface area contributed by atoms with Crippen molar-refractivity contribution in [2.75, 3.05) is 14.2 Å². The van der Waals surface area contributed by atoms with Crippen LogP contribution in [-0.4, -0.2) is 51.2 Å². The Bertz CT molecular complexity index is 1320. The van der Waals surface area contributed by atoms with Crippen molar-refractivity contribution in [2.45, 2.75) is 42.9 Å². The zero-order valence-electron chi connectivity index (χ0n) is 21.1. The fraction of sp³-hybridized carbons (Fsp3) is 0.474. The van der Waals surface area contributed by atoms with E-state index >= 15 is 0 Å². The Morgan fingerprint density at radius 2 is 0.860 bits per heavy atom. The van der Waals surface area contributed by atoms with Crippen molar-refractivity contribution < 1.29 is 97.2 Å². The third-order valence-electron chi connectivity index (χ3n) is 4.40. The molecule has 0 bridgehead atoms. The molecule has 0 aliphatic carbocycles. The first-order valence-electron chi connectivity index (χ1n) is 10.4. The van der Waals surface area contributed by atoms with Crippen LogP contribution in [0.2, 0.25) is 0 Å². The SMILES string of the molecule is COc1ccc(C(F)(F)F)c[n+]1CCC[n+]1cc(C(F)(F)F)ccc1OC.O=S(=O)([O-])C(F)(F)F.O=S(=O)([O-])C(F)(F)F. The molecule has 24 heteroatoms. The summed E-state index contributed by atoms with van der Waals surface area (Å²) in [6.45, 7) is 0.221. The molecule has 2 aromatic rings. The van der Waals surface area contributed by atoms with Gasteiger partial charge in [0.2, 0.25) is 0 Å². The fourth-order valence-corrected chi connectivity index (χ4v) is 2.53. The molecule has 0 aliphatic rings. The van der Waals surface area contributed by atoms with Crippen LogP contribution < -0.4 is 18.6 Å². The molecule has 2 heterocycles. The molecule has 0 fully saturated rings. The first-order valence-corrected chi connectivity index (χ1v) is 13.2. The van der Waals surface area contributed by atoms with Crippen molar-refractivity contribution in [1.82, 2.24) is 0 Å². The van der Waals surface area contributed by atoms with Crippen molar-refractivity contribution >= 4 is 20.2 Å². The first kappa shape index (κ1) is 39.9. The average molecular weight is 694 g/mol. The first-order chi connectivity index (χ1) is 19.1. The van der Waals surface area contributed by atoms with Crippen LogP contribution in [0.1, 0.15) is 17.5 Å². The Morgan fingerprint density at radius 3 is 1.05 bits per heavy atom. The molecular weight excluding hydrogens is 676 g/mol. The number of halogens is 12. The maximum absolute atomic E-state index is 12.9. The van der Waals surface area contributed by atoms with Crippen molar-refractivity contribution in [3.63, 3.8) is 0 Å². The minimum absolute atomic E-state index is 0.111. The molecule has 0 aromatic carbocycles. The zero-order chi connectivity index (χ0) is 34.2. The van der Waals surface area contributed by atoms with Gasteiger partial charge in [0.05, 0.1) is 32.8 Å². The predicted octanol–water partition coefficient (Wildman–Crippen LogP) is 3.51. The van der Waals surface area contributed by atoms with Crippen LogP contribution >= 0.6 is 0 Å². The number of ether oxygens (including phenoxy) is 2. The van der Waals surface area contributed by atoms with Gasteiger partial charge in [-0.3, -0.25) is 0 Å². The summed E-state index contributed by atoms with van der Waals surface area (Å²) in [6, 6.07) is 4.20. The Morgan fingerprint density at radius 1 is 0.605 bits per heavy atom. The minimum atomic E-state index is -6.09. The minimum Gasteiger partial charge on any atom is -0.741 e. The van der Waals surface area contributed by atoms with E-state index in [1.54, 1.807) is 0 Å². The molecule has 248 valence electrons. The number of alkyl halides is 12. The van der Waals surface area contributed by atoms with Crippen molar-refractivity contribution in [2.24, 2.45) is 0 Å². The molecular formula is C19H18F12N2O8S2. The maximum atomic E-state index is 12.9. The van der Waals surface area contributed by atoms with Crippen molar-refractivity contribution in [3.05, 3.63) is 47.8 Å². The summed E-state index contributed by atoms with van der Waals surface area (Å²) in [7, 11) is -9.53. The van der Waals surface area contributed by atoms with E-state index < -0.39 is 54.7 Å². The molecule has 0 atom stereocenters. The van der Waals surface area contributed by atoms with E-state index in [-0.39, 0.29) is 31.3 Å². The van der Waals surface area contributed by atoms with Gasteiger partial charge in [-0.25, -0.2) is 16.8 Å². The monoisotopic (exact) mass is 694 g/mol. The molecule has 2 aromatic heterocycles. The van der Waals surface area contributed by atoms with Gasteiger partial charge in [-0.05, 0) is 12.1 Å². The fourth-order valence-electron chi connectivity index (χ4n) is 2.53. The Kier molecular flexibility index (Phi) is 13.5. The number of aryl methyl sites for hydroxylation is 2. The van der Waals surface area contributed by atoms with E-state index in [0.717, 1.165) is 24.5 Å². The molecule has 0 unspecified atom stereocenters.